The summed E-state index contributed by atoms with van der Waals surface area (Å²) >= 11 is 0. The molecule has 0 aliphatic heterocycles. The van der Waals surface area contributed by atoms with Crippen LogP contribution in [0.3, 0.4) is 0 Å². The van der Waals surface area contributed by atoms with Gasteiger partial charge < -0.3 is 5.73 Å². The van der Waals surface area contributed by atoms with E-state index in [9.17, 15) is 0 Å². The van der Waals surface area contributed by atoms with Gasteiger partial charge in [-0.1, -0.05) is 6.92 Å². The minimum Gasteiger partial charge on any atom is -0.330 e. The monoisotopic (exact) mass is 208 g/mol. The van der Waals surface area contributed by atoms with Gasteiger partial charge in [0.2, 0.25) is 0 Å². The smallest absolute Gasteiger partial charge is 0.153 e. The average molecular weight is 208 g/mol. The highest BCUT2D eigenvalue weighted by Crippen LogP contribution is 2.33. The molecular formula is C11H20N4. The largest absolute Gasteiger partial charge is 0.330 e. The van der Waals surface area contributed by atoms with Crippen LogP contribution in [0.4, 0.5) is 0 Å². The number of rotatable bonds is 3. The lowest BCUT2D eigenvalue weighted by atomic mass is 9.82. The highest BCUT2D eigenvalue weighted by atomic mass is 15.2. The fourth-order valence-corrected chi connectivity index (χ4v) is 2.31. The van der Waals surface area contributed by atoms with E-state index in [1.807, 2.05) is 0 Å². The Hall–Kier alpha value is -0.900. The molecule has 0 spiro atoms. The molecule has 1 saturated carbocycles. The molecule has 0 bridgehead atoms. The van der Waals surface area contributed by atoms with E-state index in [-0.39, 0.29) is 0 Å². The third kappa shape index (κ3) is 2.37. The Morgan fingerprint density at radius 2 is 2.07 bits per heavy atom. The van der Waals surface area contributed by atoms with Crippen molar-refractivity contribution in [3.63, 3.8) is 0 Å². The van der Waals surface area contributed by atoms with Crippen molar-refractivity contribution in [3.8, 4) is 0 Å². The van der Waals surface area contributed by atoms with E-state index < -0.39 is 0 Å². The number of nitrogens with one attached hydrogen (secondary N) is 1. The van der Waals surface area contributed by atoms with Crippen molar-refractivity contribution in [1.82, 2.24) is 15.2 Å². The molecular weight excluding hydrogens is 188 g/mol. The maximum absolute atomic E-state index is 5.68. The molecule has 0 amide bonds. The molecule has 1 fully saturated rings. The standard InChI is InChI=1S/C11H20N4/c1-2-10-13-11(15-14-10)9-5-3-8(7-12)4-6-9/h8-9H,2-7,12H2,1H3,(H,13,14,15). The van der Waals surface area contributed by atoms with Crippen LogP contribution in [0, 0.1) is 5.92 Å². The fourth-order valence-electron chi connectivity index (χ4n) is 2.31. The van der Waals surface area contributed by atoms with E-state index in [4.69, 9.17) is 5.73 Å². The van der Waals surface area contributed by atoms with Gasteiger partial charge in [-0.2, -0.15) is 5.10 Å². The van der Waals surface area contributed by atoms with Gasteiger partial charge in [-0.25, -0.2) is 4.98 Å². The molecule has 1 heterocycles. The summed E-state index contributed by atoms with van der Waals surface area (Å²) in [6.07, 6.45) is 5.80. The fraction of sp³-hybridized carbons (Fsp3) is 0.818. The summed E-state index contributed by atoms with van der Waals surface area (Å²) in [7, 11) is 0. The van der Waals surface area contributed by atoms with Gasteiger partial charge >= 0.3 is 0 Å². The van der Waals surface area contributed by atoms with Crippen molar-refractivity contribution in [1.29, 1.82) is 0 Å². The molecule has 2 rings (SSSR count). The van der Waals surface area contributed by atoms with Crippen molar-refractivity contribution in [2.45, 2.75) is 44.9 Å². The van der Waals surface area contributed by atoms with Gasteiger partial charge in [0.1, 0.15) is 5.82 Å². The van der Waals surface area contributed by atoms with Crippen molar-refractivity contribution >= 4 is 0 Å². The molecule has 0 atom stereocenters. The second-order valence-electron chi connectivity index (χ2n) is 4.45. The first-order valence-electron chi connectivity index (χ1n) is 5.94. The second-order valence-corrected chi connectivity index (χ2v) is 4.45. The van der Waals surface area contributed by atoms with Crippen molar-refractivity contribution < 1.29 is 0 Å². The third-order valence-electron chi connectivity index (χ3n) is 3.43. The Morgan fingerprint density at radius 1 is 1.33 bits per heavy atom. The van der Waals surface area contributed by atoms with Gasteiger partial charge in [0.05, 0.1) is 0 Å². The Kier molecular flexibility index (Phi) is 3.36. The van der Waals surface area contributed by atoms with Crippen LogP contribution in [0.25, 0.3) is 0 Å². The molecule has 15 heavy (non-hydrogen) atoms. The van der Waals surface area contributed by atoms with Gasteiger partial charge in [0, 0.05) is 12.3 Å². The molecule has 0 unspecified atom stereocenters. The van der Waals surface area contributed by atoms with Gasteiger partial charge in [-0.3, -0.25) is 5.10 Å². The quantitative estimate of drug-likeness (QED) is 0.792. The van der Waals surface area contributed by atoms with Crippen LogP contribution in [0.2, 0.25) is 0 Å². The summed E-state index contributed by atoms with van der Waals surface area (Å²) in [6.45, 7) is 2.93. The molecule has 3 N–H and O–H groups in total. The summed E-state index contributed by atoms with van der Waals surface area (Å²) in [5.41, 5.74) is 5.68. The van der Waals surface area contributed by atoms with Crippen LogP contribution >= 0.6 is 0 Å². The Morgan fingerprint density at radius 3 is 2.60 bits per heavy atom. The molecule has 0 radical (unpaired) electrons. The Bertz CT molecular complexity index is 299. The van der Waals surface area contributed by atoms with Gasteiger partial charge in [-0.15, -0.1) is 0 Å². The molecule has 4 nitrogen and oxygen atoms in total. The highest BCUT2D eigenvalue weighted by molar-refractivity contribution is 4.99. The van der Waals surface area contributed by atoms with E-state index in [0.717, 1.165) is 30.5 Å². The zero-order chi connectivity index (χ0) is 10.7. The minimum atomic E-state index is 0.560. The third-order valence-corrected chi connectivity index (χ3v) is 3.43. The number of aryl methyl sites for hydroxylation is 1. The number of H-pyrrole nitrogens is 1. The lowest BCUT2D eigenvalue weighted by Gasteiger charge is -2.25. The maximum atomic E-state index is 5.68. The summed E-state index contributed by atoms with van der Waals surface area (Å²) in [5.74, 6) is 3.31. The number of aromatic amines is 1. The first-order chi connectivity index (χ1) is 7.33. The normalized spacial score (nSPS) is 26.8. The number of aromatic nitrogens is 3. The molecule has 84 valence electrons. The first kappa shape index (κ1) is 10.6. The van der Waals surface area contributed by atoms with Crippen LogP contribution < -0.4 is 5.73 Å². The topological polar surface area (TPSA) is 67.6 Å². The van der Waals surface area contributed by atoms with E-state index >= 15 is 0 Å². The lowest BCUT2D eigenvalue weighted by Crippen LogP contribution is -2.21. The number of hydrogen-bond acceptors (Lipinski definition) is 3. The van der Waals surface area contributed by atoms with E-state index in [1.54, 1.807) is 0 Å². The van der Waals surface area contributed by atoms with Crippen LogP contribution in [0.1, 0.15) is 50.2 Å². The molecule has 1 aliphatic carbocycles. The second kappa shape index (κ2) is 4.75. The van der Waals surface area contributed by atoms with E-state index in [0.29, 0.717) is 5.92 Å². The summed E-state index contributed by atoms with van der Waals surface area (Å²) in [6, 6.07) is 0. The summed E-state index contributed by atoms with van der Waals surface area (Å²) < 4.78 is 0. The number of hydrogen-bond donors (Lipinski definition) is 2. The maximum Gasteiger partial charge on any atom is 0.153 e. The highest BCUT2D eigenvalue weighted by Gasteiger charge is 2.24. The molecule has 1 aromatic heterocycles. The predicted molar refractivity (Wildman–Crippen MR) is 59.5 cm³/mol. The van der Waals surface area contributed by atoms with Crippen LogP contribution in [-0.2, 0) is 6.42 Å². The molecule has 0 aromatic carbocycles. The molecule has 4 heteroatoms. The van der Waals surface area contributed by atoms with Crippen LogP contribution in [0.5, 0.6) is 0 Å². The zero-order valence-electron chi connectivity index (χ0n) is 9.37. The van der Waals surface area contributed by atoms with Gasteiger partial charge in [0.15, 0.2) is 5.82 Å². The van der Waals surface area contributed by atoms with Crippen molar-refractivity contribution in [2.75, 3.05) is 6.54 Å². The molecule has 0 saturated heterocycles. The average Bonchev–Trinajstić information content (AvgIpc) is 2.78. The zero-order valence-corrected chi connectivity index (χ0v) is 9.37. The van der Waals surface area contributed by atoms with Crippen LogP contribution in [-0.4, -0.2) is 21.7 Å². The van der Waals surface area contributed by atoms with E-state index in [2.05, 4.69) is 22.1 Å². The van der Waals surface area contributed by atoms with Crippen molar-refractivity contribution in [2.24, 2.45) is 11.7 Å². The Labute approximate surface area is 90.7 Å². The predicted octanol–water partition coefficient (Wildman–Crippen LogP) is 1.60. The summed E-state index contributed by atoms with van der Waals surface area (Å²) in [4.78, 5) is 4.51. The van der Waals surface area contributed by atoms with Gasteiger partial charge in [-0.05, 0) is 38.1 Å². The molecule has 1 aliphatic rings. The minimum absolute atomic E-state index is 0.560. The van der Waals surface area contributed by atoms with E-state index in [1.165, 1.54) is 25.7 Å². The van der Waals surface area contributed by atoms with Crippen molar-refractivity contribution in [3.05, 3.63) is 11.6 Å². The SMILES string of the molecule is CCc1nc(C2CCC(CN)CC2)n[nH]1. The number of nitrogens with two attached hydrogens (primary N) is 1. The Balaban J connectivity index is 1.95. The molecule has 1 aromatic rings. The number of nitrogens with zero attached hydrogens (tertiary/aromatic N) is 2. The first-order valence-corrected chi connectivity index (χ1v) is 5.94. The van der Waals surface area contributed by atoms with Gasteiger partial charge in [0.25, 0.3) is 0 Å². The summed E-state index contributed by atoms with van der Waals surface area (Å²) in [5, 5.41) is 7.29. The lowest BCUT2D eigenvalue weighted by molar-refractivity contribution is 0.326. The van der Waals surface area contributed by atoms with Crippen LogP contribution in [0.15, 0.2) is 0 Å².